The Morgan fingerprint density at radius 1 is 1.27 bits per heavy atom. The largest absolute Gasteiger partial charge is 0.309 e. The molecule has 0 aliphatic heterocycles. The van der Waals surface area contributed by atoms with Gasteiger partial charge < -0.3 is 10.3 Å². The molecule has 0 aliphatic carbocycles. The molecule has 0 saturated heterocycles. The summed E-state index contributed by atoms with van der Waals surface area (Å²) >= 11 is 0. The quantitative estimate of drug-likeness (QED) is 0.733. The Hall–Kier alpha value is -1.15. The Morgan fingerprint density at radius 2 is 1.87 bits per heavy atom. The maximum Gasteiger partial charge on any atom is 0.0148 e. The molecule has 0 aromatic heterocycles. The summed E-state index contributed by atoms with van der Waals surface area (Å²) in [7, 11) is 4.11. The summed E-state index contributed by atoms with van der Waals surface area (Å²) in [6.07, 6.45) is 1.63. The van der Waals surface area contributed by atoms with Crippen molar-refractivity contribution in [2.45, 2.75) is 25.8 Å². The van der Waals surface area contributed by atoms with Crippen molar-refractivity contribution in [1.82, 2.24) is 4.90 Å². The Bertz CT molecular complexity index is 304. The third kappa shape index (κ3) is 4.26. The molecule has 0 bridgehead atoms. The Morgan fingerprint density at radius 3 is 2.40 bits per heavy atom. The normalized spacial score (nSPS) is 12.8. The average Bonchev–Trinajstić information content (AvgIpc) is 2.18. The monoisotopic (exact) mass is 204 g/mol. The summed E-state index contributed by atoms with van der Waals surface area (Å²) in [4.78, 5) is 2.15. The van der Waals surface area contributed by atoms with Crippen molar-refractivity contribution in [3.05, 3.63) is 35.9 Å². The molecule has 0 spiro atoms. The van der Waals surface area contributed by atoms with Crippen LogP contribution in [0.2, 0.25) is 0 Å². The fraction of sp³-hybridized carbons (Fsp3) is 0.462. The standard InChI is InChI=1S/C13H20N2/c1-11(15(2)3)9-13(14)10-12-7-5-4-6-8-12/h4-8,11,14H,9-10H2,1-3H3/t11-/m1/s1. The van der Waals surface area contributed by atoms with Crippen LogP contribution in [0, 0.1) is 5.41 Å². The SMILES string of the molecule is C[C@H](CC(=N)Cc1ccccc1)N(C)C. The van der Waals surface area contributed by atoms with Crippen LogP contribution in [0.3, 0.4) is 0 Å². The first-order chi connectivity index (χ1) is 7.09. The van der Waals surface area contributed by atoms with Gasteiger partial charge in [-0.25, -0.2) is 0 Å². The van der Waals surface area contributed by atoms with Gasteiger partial charge in [0.2, 0.25) is 0 Å². The highest BCUT2D eigenvalue weighted by Crippen LogP contribution is 2.06. The Balaban J connectivity index is 2.43. The highest BCUT2D eigenvalue weighted by molar-refractivity contribution is 5.84. The predicted octanol–water partition coefficient (Wildman–Crippen LogP) is 2.59. The van der Waals surface area contributed by atoms with Gasteiger partial charge in [0.05, 0.1) is 0 Å². The predicted molar refractivity (Wildman–Crippen MR) is 65.6 cm³/mol. The second-order valence-electron chi connectivity index (χ2n) is 4.28. The highest BCUT2D eigenvalue weighted by Gasteiger charge is 2.08. The third-order valence-electron chi connectivity index (χ3n) is 2.68. The fourth-order valence-electron chi connectivity index (χ4n) is 1.45. The molecule has 0 radical (unpaired) electrons. The molecule has 0 fully saturated rings. The first-order valence-electron chi connectivity index (χ1n) is 5.36. The first-order valence-corrected chi connectivity index (χ1v) is 5.36. The number of benzene rings is 1. The van der Waals surface area contributed by atoms with Crippen LogP contribution < -0.4 is 0 Å². The summed E-state index contributed by atoms with van der Waals surface area (Å²) in [6, 6.07) is 10.7. The van der Waals surface area contributed by atoms with Crippen LogP contribution in [-0.2, 0) is 6.42 Å². The van der Waals surface area contributed by atoms with Crippen molar-refractivity contribution < 1.29 is 0 Å². The maximum absolute atomic E-state index is 7.92. The highest BCUT2D eigenvalue weighted by atomic mass is 15.1. The molecule has 1 rings (SSSR count). The maximum atomic E-state index is 7.92. The molecule has 82 valence electrons. The molecular formula is C13H20N2. The lowest BCUT2D eigenvalue weighted by molar-refractivity contribution is 0.320. The van der Waals surface area contributed by atoms with Crippen LogP contribution >= 0.6 is 0 Å². The lowest BCUT2D eigenvalue weighted by Crippen LogP contribution is -2.27. The van der Waals surface area contributed by atoms with Crippen molar-refractivity contribution in [3.63, 3.8) is 0 Å². The minimum atomic E-state index is 0.446. The molecule has 0 heterocycles. The van der Waals surface area contributed by atoms with Crippen LogP contribution in [0.1, 0.15) is 18.9 Å². The zero-order valence-corrected chi connectivity index (χ0v) is 9.83. The van der Waals surface area contributed by atoms with Crippen molar-refractivity contribution in [3.8, 4) is 0 Å². The number of hydrogen-bond acceptors (Lipinski definition) is 2. The smallest absolute Gasteiger partial charge is 0.0148 e. The van der Waals surface area contributed by atoms with E-state index in [2.05, 4.69) is 38.1 Å². The van der Waals surface area contributed by atoms with Gasteiger partial charge in [0.25, 0.3) is 0 Å². The summed E-state index contributed by atoms with van der Waals surface area (Å²) < 4.78 is 0. The molecule has 2 nitrogen and oxygen atoms in total. The molecule has 1 N–H and O–H groups in total. The zero-order valence-electron chi connectivity index (χ0n) is 9.83. The van der Waals surface area contributed by atoms with E-state index >= 15 is 0 Å². The molecule has 1 atom stereocenters. The van der Waals surface area contributed by atoms with Crippen molar-refractivity contribution in [2.75, 3.05) is 14.1 Å². The van der Waals surface area contributed by atoms with E-state index in [-0.39, 0.29) is 0 Å². The van der Waals surface area contributed by atoms with Crippen LogP contribution in [-0.4, -0.2) is 30.7 Å². The molecule has 0 amide bonds. The van der Waals surface area contributed by atoms with Gasteiger partial charge in [-0.1, -0.05) is 30.3 Å². The average molecular weight is 204 g/mol. The van der Waals surface area contributed by atoms with Gasteiger partial charge in [-0.2, -0.15) is 0 Å². The lowest BCUT2D eigenvalue weighted by Gasteiger charge is -2.19. The molecule has 0 saturated carbocycles. The summed E-state index contributed by atoms with van der Waals surface area (Å²) in [5.41, 5.74) is 2.04. The molecular weight excluding hydrogens is 184 g/mol. The zero-order chi connectivity index (χ0) is 11.3. The lowest BCUT2D eigenvalue weighted by atomic mass is 10.0. The number of nitrogens with one attached hydrogen (secondary N) is 1. The van der Waals surface area contributed by atoms with Crippen LogP contribution in [0.5, 0.6) is 0 Å². The summed E-state index contributed by atoms with van der Waals surface area (Å²) in [5, 5.41) is 7.92. The van der Waals surface area contributed by atoms with Crippen molar-refractivity contribution >= 4 is 5.71 Å². The number of hydrogen-bond donors (Lipinski definition) is 1. The minimum Gasteiger partial charge on any atom is -0.309 e. The summed E-state index contributed by atoms with van der Waals surface area (Å²) in [6.45, 7) is 2.15. The van der Waals surface area contributed by atoms with Crippen LogP contribution in [0.25, 0.3) is 0 Å². The summed E-state index contributed by atoms with van der Waals surface area (Å²) in [5.74, 6) is 0. The van der Waals surface area contributed by atoms with Crippen molar-refractivity contribution in [2.24, 2.45) is 0 Å². The van der Waals surface area contributed by atoms with E-state index in [1.54, 1.807) is 0 Å². The van der Waals surface area contributed by atoms with Gasteiger partial charge in [0.15, 0.2) is 0 Å². The van der Waals surface area contributed by atoms with Gasteiger partial charge in [0.1, 0.15) is 0 Å². The van der Waals surface area contributed by atoms with E-state index in [1.165, 1.54) is 5.56 Å². The van der Waals surface area contributed by atoms with Crippen LogP contribution in [0.4, 0.5) is 0 Å². The van der Waals surface area contributed by atoms with E-state index in [0.29, 0.717) is 6.04 Å². The van der Waals surface area contributed by atoms with Gasteiger partial charge in [-0.15, -0.1) is 0 Å². The van der Waals surface area contributed by atoms with E-state index in [4.69, 9.17) is 5.41 Å². The third-order valence-corrected chi connectivity index (χ3v) is 2.68. The first kappa shape index (κ1) is 11.9. The van der Waals surface area contributed by atoms with E-state index in [0.717, 1.165) is 18.6 Å². The molecule has 0 aliphatic rings. The second kappa shape index (κ2) is 5.66. The fourth-order valence-corrected chi connectivity index (χ4v) is 1.45. The molecule has 2 heteroatoms. The van der Waals surface area contributed by atoms with E-state index < -0.39 is 0 Å². The van der Waals surface area contributed by atoms with Crippen molar-refractivity contribution in [1.29, 1.82) is 5.41 Å². The minimum absolute atomic E-state index is 0.446. The molecule has 1 aromatic carbocycles. The van der Waals surface area contributed by atoms with E-state index in [1.807, 2.05) is 18.2 Å². The van der Waals surface area contributed by atoms with Gasteiger partial charge in [0, 0.05) is 24.6 Å². The van der Waals surface area contributed by atoms with E-state index in [9.17, 15) is 0 Å². The van der Waals surface area contributed by atoms with Crippen LogP contribution in [0.15, 0.2) is 30.3 Å². The van der Waals surface area contributed by atoms with Gasteiger partial charge in [-0.05, 0) is 26.6 Å². The Labute approximate surface area is 92.4 Å². The number of rotatable bonds is 5. The van der Waals surface area contributed by atoms with Gasteiger partial charge >= 0.3 is 0 Å². The molecule has 0 unspecified atom stereocenters. The second-order valence-corrected chi connectivity index (χ2v) is 4.28. The Kier molecular flexibility index (Phi) is 4.50. The molecule has 1 aromatic rings. The van der Waals surface area contributed by atoms with Gasteiger partial charge in [-0.3, -0.25) is 0 Å². The topological polar surface area (TPSA) is 27.1 Å². The molecule has 15 heavy (non-hydrogen) atoms. The number of nitrogens with zero attached hydrogens (tertiary/aromatic N) is 1.